The first kappa shape index (κ1) is 14.0. The number of hydrogen-bond acceptors (Lipinski definition) is 4. The molecule has 1 aromatic heterocycles. The summed E-state index contributed by atoms with van der Waals surface area (Å²) in [5.41, 5.74) is 1.22. The molecule has 0 amide bonds. The van der Waals surface area contributed by atoms with Crippen molar-refractivity contribution < 1.29 is 0 Å². The Morgan fingerprint density at radius 3 is 2.78 bits per heavy atom. The lowest BCUT2D eigenvalue weighted by molar-refractivity contribution is 0.0760. The minimum absolute atomic E-state index is 0.595. The summed E-state index contributed by atoms with van der Waals surface area (Å²) >= 11 is 1.75. The smallest absolute Gasteiger partial charge is 0.0897 e. The number of rotatable bonds is 6. The van der Waals surface area contributed by atoms with Crippen molar-refractivity contribution in [3.63, 3.8) is 0 Å². The van der Waals surface area contributed by atoms with Crippen LogP contribution in [-0.2, 0) is 6.54 Å². The van der Waals surface area contributed by atoms with Crippen LogP contribution < -0.4 is 5.32 Å². The van der Waals surface area contributed by atoms with Gasteiger partial charge in [-0.15, -0.1) is 11.3 Å². The maximum absolute atomic E-state index is 4.55. The lowest BCUT2D eigenvalue weighted by Crippen LogP contribution is -2.49. The van der Waals surface area contributed by atoms with E-state index in [4.69, 9.17) is 0 Å². The summed E-state index contributed by atoms with van der Waals surface area (Å²) in [5, 5.41) is 6.92. The average Bonchev–Trinajstić information content (AvgIpc) is 2.61. The normalized spacial score (nSPS) is 23.7. The Morgan fingerprint density at radius 1 is 1.50 bits per heavy atom. The van der Waals surface area contributed by atoms with E-state index >= 15 is 0 Å². The third-order valence-electron chi connectivity index (χ3n) is 3.81. The van der Waals surface area contributed by atoms with Crippen LogP contribution in [-0.4, -0.2) is 35.6 Å². The lowest BCUT2D eigenvalue weighted by Gasteiger charge is -2.43. The number of nitrogens with one attached hydrogen (secondary N) is 1. The molecule has 0 radical (unpaired) electrons. The van der Waals surface area contributed by atoms with Gasteiger partial charge in [0.1, 0.15) is 0 Å². The Labute approximate surface area is 115 Å². The van der Waals surface area contributed by atoms with E-state index in [0.717, 1.165) is 25.0 Å². The summed E-state index contributed by atoms with van der Waals surface area (Å²) in [7, 11) is 2.24. The molecule has 0 bridgehead atoms. The molecule has 1 heterocycles. The second-order valence-electron chi connectivity index (χ2n) is 5.74. The van der Waals surface area contributed by atoms with E-state index in [1.54, 1.807) is 11.3 Å². The Bertz CT molecular complexity index is 375. The van der Waals surface area contributed by atoms with Gasteiger partial charge in [0, 0.05) is 24.0 Å². The maximum atomic E-state index is 4.55. The molecule has 1 aliphatic carbocycles. The van der Waals surface area contributed by atoms with E-state index in [9.17, 15) is 0 Å². The summed E-state index contributed by atoms with van der Waals surface area (Å²) in [6.07, 6.45) is 2.70. The number of aryl methyl sites for hydroxylation is 1. The number of hydrogen-bond donors (Lipinski definition) is 1. The van der Waals surface area contributed by atoms with Crippen LogP contribution in [0.2, 0.25) is 0 Å². The molecule has 2 rings (SSSR count). The molecule has 1 saturated carbocycles. The van der Waals surface area contributed by atoms with Crippen molar-refractivity contribution in [2.75, 3.05) is 13.6 Å². The van der Waals surface area contributed by atoms with Crippen molar-refractivity contribution >= 4 is 11.3 Å². The predicted molar refractivity (Wildman–Crippen MR) is 78.0 cm³/mol. The summed E-state index contributed by atoms with van der Waals surface area (Å²) in [4.78, 5) is 7.03. The standard InChI is InChI=1S/C14H25N3S/c1-10(2)15-7-12-5-6-14(12)17(4)8-13-9-18-11(3)16-13/h9-10,12,14-15H,5-8H2,1-4H3. The van der Waals surface area contributed by atoms with E-state index in [2.05, 4.69) is 48.4 Å². The second kappa shape index (κ2) is 6.13. The molecule has 3 nitrogen and oxygen atoms in total. The number of nitrogens with zero attached hydrogens (tertiary/aromatic N) is 2. The van der Waals surface area contributed by atoms with Gasteiger partial charge in [-0.3, -0.25) is 4.90 Å². The third-order valence-corrected chi connectivity index (χ3v) is 4.63. The fourth-order valence-electron chi connectivity index (χ4n) is 2.61. The number of aromatic nitrogens is 1. The second-order valence-corrected chi connectivity index (χ2v) is 6.80. The zero-order valence-electron chi connectivity index (χ0n) is 11.9. The van der Waals surface area contributed by atoms with Crippen molar-refractivity contribution in [3.05, 3.63) is 16.1 Å². The summed E-state index contributed by atoms with van der Waals surface area (Å²) in [6, 6.07) is 1.33. The van der Waals surface area contributed by atoms with E-state index in [1.807, 2.05) is 0 Å². The topological polar surface area (TPSA) is 28.2 Å². The van der Waals surface area contributed by atoms with Crippen molar-refractivity contribution in [1.29, 1.82) is 0 Å². The van der Waals surface area contributed by atoms with Gasteiger partial charge in [0.2, 0.25) is 0 Å². The fourth-order valence-corrected chi connectivity index (χ4v) is 3.21. The van der Waals surface area contributed by atoms with Gasteiger partial charge >= 0.3 is 0 Å². The first-order chi connectivity index (χ1) is 8.56. The molecule has 0 aromatic carbocycles. The van der Waals surface area contributed by atoms with Crippen LogP contribution in [0.4, 0.5) is 0 Å². The highest BCUT2D eigenvalue weighted by molar-refractivity contribution is 7.09. The molecular weight excluding hydrogens is 242 g/mol. The molecule has 4 heteroatoms. The molecular formula is C14H25N3S. The van der Waals surface area contributed by atoms with Crippen LogP contribution in [0, 0.1) is 12.8 Å². The minimum atomic E-state index is 0.595. The molecule has 1 aromatic rings. The van der Waals surface area contributed by atoms with Gasteiger partial charge in [-0.1, -0.05) is 13.8 Å². The van der Waals surface area contributed by atoms with Crippen molar-refractivity contribution in [2.24, 2.45) is 5.92 Å². The zero-order valence-corrected chi connectivity index (χ0v) is 12.8. The highest BCUT2D eigenvalue weighted by atomic mass is 32.1. The third kappa shape index (κ3) is 3.53. The van der Waals surface area contributed by atoms with Gasteiger partial charge in [-0.05, 0) is 39.3 Å². The molecule has 1 N–H and O–H groups in total. The largest absolute Gasteiger partial charge is 0.314 e. The van der Waals surface area contributed by atoms with Gasteiger partial charge < -0.3 is 5.32 Å². The molecule has 18 heavy (non-hydrogen) atoms. The summed E-state index contributed by atoms with van der Waals surface area (Å²) in [6.45, 7) is 8.66. The van der Waals surface area contributed by atoms with Crippen LogP contribution in [0.25, 0.3) is 0 Å². The fraction of sp³-hybridized carbons (Fsp3) is 0.786. The van der Waals surface area contributed by atoms with Crippen LogP contribution in [0.1, 0.15) is 37.4 Å². The van der Waals surface area contributed by atoms with E-state index < -0.39 is 0 Å². The lowest BCUT2D eigenvalue weighted by atomic mass is 9.78. The van der Waals surface area contributed by atoms with Gasteiger partial charge in [0.15, 0.2) is 0 Å². The van der Waals surface area contributed by atoms with Crippen LogP contribution in [0.3, 0.4) is 0 Å². The first-order valence-electron chi connectivity index (χ1n) is 6.91. The summed E-state index contributed by atoms with van der Waals surface area (Å²) in [5.74, 6) is 0.817. The molecule has 0 aliphatic heterocycles. The highest BCUT2D eigenvalue weighted by Gasteiger charge is 2.33. The predicted octanol–water partition coefficient (Wildman–Crippen LogP) is 2.66. The monoisotopic (exact) mass is 267 g/mol. The Kier molecular flexibility index (Phi) is 4.76. The molecule has 0 saturated heterocycles. The first-order valence-corrected chi connectivity index (χ1v) is 7.79. The molecule has 0 spiro atoms. The average molecular weight is 267 g/mol. The molecule has 1 aliphatic rings. The zero-order chi connectivity index (χ0) is 13.1. The highest BCUT2D eigenvalue weighted by Crippen LogP contribution is 2.31. The van der Waals surface area contributed by atoms with Gasteiger partial charge in [-0.25, -0.2) is 4.98 Å². The quantitative estimate of drug-likeness (QED) is 0.859. The van der Waals surface area contributed by atoms with Gasteiger partial charge in [0.05, 0.1) is 10.7 Å². The molecule has 2 atom stereocenters. The van der Waals surface area contributed by atoms with Crippen LogP contribution in [0.15, 0.2) is 5.38 Å². The SMILES string of the molecule is Cc1nc(CN(C)C2CCC2CNC(C)C)cs1. The van der Waals surface area contributed by atoms with Crippen molar-refractivity contribution in [1.82, 2.24) is 15.2 Å². The van der Waals surface area contributed by atoms with E-state index in [1.165, 1.54) is 23.5 Å². The van der Waals surface area contributed by atoms with Crippen LogP contribution >= 0.6 is 11.3 Å². The molecule has 1 fully saturated rings. The minimum Gasteiger partial charge on any atom is -0.314 e. The molecule has 2 unspecified atom stereocenters. The van der Waals surface area contributed by atoms with E-state index in [0.29, 0.717) is 6.04 Å². The van der Waals surface area contributed by atoms with Crippen molar-refractivity contribution in [2.45, 2.75) is 52.2 Å². The molecule has 102 valence electrons. The Balaban J connectivity index is 1.80. The number of thiazole rings is 1. The van der Waals surface area contributed by atoms with Gasteiger partial charge in [0.25, 0.3) is 0 Å². The van der Waals surface area contributed by atoms with Crippen LogP contribution in [0.5, 0.6) is 0 Å². The Morgan fingerprint density at radius 2 is 2.28 bits per heavy atom. The maximum Gasteiger partial charge on any atom is 0.0897 e. The summed E-state index contributed by atoms with van der Waals surface area (Å²) < 4.78 is 0. The van der Waals surface area contributed by atoms with Gasteiger partial charge in [-0.2, -0.15) is 0 Å². The Hall–Kier alpha value is -0.450. The van der Waals surface area contributed by atoms with Crippen molar-refractivity contribution in [3.8, 4) is 0 Å². The van der Waals surface area contributed by atoms with E-state index in [-0.39, 0.29) is 0 Å².